The first-order chi connectivity index (χ1) is 27.8. The minimum atomic E-state index is 0.636. The number of hydrogen-bond donors (Lipinski definition) is 0. The summed E-state index contributed by atoms with van der Waals surface area (Å²) in [6.07, 6.45) is 0. The average molecular weight is 712 g/mol. The average Bonchev–Trinajstić information content (AvgIpc) is 3.28. The summed E-state index contributed by atoms with van der Waals surface area (Å²) < 4.78 is 0. The van der Waals surface area contributed by atoms with Gasteiger partial charge in [0.2, 0.25) is 0 Å². The van der Waals surface area contributed by atoms with Gasteiger partial charge >= 0.3 is 0 Å². The van der Waals surface area contributed by atoms with E-state index in [1.54, 1.807) is 0 Å². The summed E-state index contributed by atoms with van der Waals surface area (Å²) in [5.41, 5.74) is 7.49. The number of benzene rings is 10. The minimum Gasteiger partial charge on any atom is -0.208 e. The zero-order valence-electron chi connectivity index (χ0n) is 30.4. The molecule has 0 saturated heterocycles. The van der Waals surface area contributed by atoms with Gasteiger partial charge in [-0.25, -0.2) is 15.0 Å². The van der Waals surface area contributed by atoms with Crippen LogP contribution >= 0.6 is 0 Å². The maximum absolute atomic E-state index is 5.33. The fraction of sp³-hybridized carbons (Fsp3) is 0. The Bertz CT molecular complexity index is 3310. The van der Waals surface area contributed by atoms with Gasteiger partial charge in [-0.05, 0) is 88.2 Å². The summed E-state index contributed by atoms with van der Waals surface area (Å²) in [4.78, 5) is 15.9. The molecule has 0 fully saturated rings. The van der Waals surface area contributed by atoms with Crippen LogP contribution in [0, 0.1) is 0 Å². The van der Waals surface area contributed by atoms with Gasteiger partial charge in [0, 0.05) is 16.7 Å². The first-order valence-corrected chi connectivity index (χ1v) is 19.0. The van der Waals surface area contributed by atoms with Crippen molar-refractivity contribution in [3.05, 3.63) is 200 Å². The number of hydrogen-bond acceptors (Lipinski definition) is 3. The highest BCUT2D eigenvalue weighted by atomic mass is 15.0. The topological polar surface area (TPSA) is 38.7 Å². The van der Waals surface area contributed by atoms with E-state index in [1.165, 1.54) is 43.4 Å². The van der Waals surface area contributed by atoms with Crippen molar-refractivity contribution in [2.75, 3.05) is 0 Å². The van der Waals surface area contributed by atoms with Crippen LogP contribution in [0.3, 0.4) is 0 Å². The molecule has 0 spiro atoms. The molecule has 0 amide bonds. The molecule has 3 heteroatoms. The van der Waals surface area contributed by atoms with Crippen LogP contribution in [-0.2, 0) is 0 Å². The normalized spacial score (nSPS) is 11.6. The number of fused-ring (bicyclic) bond motifs is 6. The largest absolute Gasteiger partial charge is 0.208 e. The van der Waals surface area contributed by atoms with Crippen molar-refractivity contribution in [1.29, 1.82) is 0 Å². The van der Waals surface area contributed by atoms with Crippen LogP contribution in [0.5, 0.6) is 0 Å². The van der Waals surface area contributed by atoms with Crippen LogP contribution in [0.2, 0.25) is 0 Å². The summed E-state index contributed by atoms with van der Waals surface area (Å²) in [6.45, 7) is 0. The van der Waals surface area contributed by atoms with Crippen molar-refractivity contribution >= 4 is 53.9 Å². The molecule has 11 rings (SSSR count). The minimum absolute atomic E-state index is 0.636. The summed E-state index contributed by atoms with van der Waals surface area (Å²) in [5.74, 6) is 1.92. The Hall–Kier alpha value is -7.49. The molecule has 1 heterocycles. The summed E-state index contributed by atoms with van der Waals surface area (Å²) in [5, 5.41) is 11.9. The van der Waals surface area contributed by atoms with E-state index in [4.69, 9.17) is 15.0 Å². The molecule has 0 bridgehead atoms. The molecule has 3 nitrogen and oxygen atoms in total. The SMILES string of the molecule is c1ccc(-c2ccccc2-c2nc(-c3cccc4ccccc34)nc(-c3ccc(-c4c5ccccc5cc5c4ccc4ccccc45)c4ccccc34)n2)cc1. The van der Waals surface area contributed by atoms with Crippen molar-refractivity contribution in [3.63, 3.8) is 0 Å². The summed E-state index contributed by atoms with van der Waals surface area (Å²) in [6, 6.07) is 71.1. The zero-order chi connectivity index (χ0) is 37.0. The highest BCUT2D eigenvalue weighted by Crippen LogP contribution is 2.44. The predicted octanol–water partition coefficient (Wildman–Crippen LogP) is 14.0. The number of nitrogens with zero attached hydrogens (tertiary/aromatic N) is 3. The molecule has 0 atom stereocenters. The van der Waals surface area contributed by atoms with E-state index in [0.29, 0.717) is 17.5 Å². The monoisotopic (exact) mass is 711 g/mol. The molecule has 0 saturated carbocycles. The lowest BCUT2D eigenvalue weighted by Gasteiger charge is -2.17. The zero-order valence-corrected chi connectivity index (χ0v) is 30.4. The van der Waals surface area contributed by atoms with Crippen LogP contribution in [0.4, 0.5) is 0 Å². The second-order valence-electron chi connectivity index (χ2n) is 14.3. The summed E-state index contributed by atoms with van der Waals surface area (Å²) in [7, 11) is 0. The number of aromatic nitrogens is 3. The van der Waals surface area contributed by atoms with Gasteiger partial charge in [0.1, 0.15) is 0 Å². The van der Waals surface area contributed by atoms with E-state index in [9.17, 15) is 0 Å². The Kier molecular flexibility index (Phi) is 7.49. The van der Waals surface area contributed by atoms with Crippen molar-refractivity contribution in [2.24, 2.45) is 0 Å². The molecule has 11 aromatic rings. The van der Waals surface area contributed by atoms with Crippen LogP contribution in [0.25, 0.3) is 110 Å². The van der Waals surface area contributed by atoms with Gasteiger partial charge in [-0.2, -0.15) is 0 Å². The van der Waals surface area contributed by atoms with Gasteiger partial charge < -0.3 is 0 Å². The second-order valence-corrected chi connectivity index (χ2v) is 14.3. The lowest BCUT2D eigenvalue weighted by atomic mass is 9.87. The van der Waals surface area contributed by atoms with Gasteiger partial charge in [0.05, 0.1) is 0 Å². The van der Waals surface area contributed by atoms with Crippen molar-refractivity contribution in [1.82, 2.24) is 15.0 Å². The molecule has 0 aliphatic heterocycles. The highest BCUT2D eigenvalue weighted by molar-refractivity contribution is 6.23. The smallest absolute Gasteiger partial charge is 0.164 e. The van der Waals surface area contributed by atoms with Gasteiger partial charge in [-0.15, -0.1) is 0 Å². The molecular formula is C53H33N3. The van der Waals surface area contributed by atoms with Gasteiger partial charge in [0.25, 0.3) is 0 Å². The highest BCUT2D eigenvalue weighted by Gasteiger charge is 2.20. The fourth-order valence-corrected chi connectivity index (χ4v) is 8.53. The molecule has 1 aromatic heterocycles. The van der Waals surface area contributed by atoms with E-state index in [1.807, 2.05) is 6.07 Å². The Labute approximate surface area is 324 Å². The molecule has 0 aliphatic carbocycles. The molecule has 0 radical (unpaired) electrons. The predicted molar refractivity (Wildman–Crippen MR) is 235 cm³/mol. The van der Waals surface area contributed by atoms with E-state index < -0.39 is 0 Å². The maximum atomic E-state index is 5.33. The van der Waals surface area contributed by atoms with E-state index in [2.05, 4.69) is 194 Å². The lowest BCUT2D eigenvalue weighted by Crippen LogP contribution is -2.02. The maximum Gasteiger partial charge on any atom is 0.164 e. The van der Waals surface area contributed by atoms with E-state index >= 15 is 0 Å². The molecule has 56 heavy (non-hydrogen) atoms. The Morgan fingerprint density at radius 2 is 0.714 bits per heavy atom. The molecule has 0 aliphatic rings. The van der Waals surface area contributed by atoms with Crippen molar-refractivity contribution in [2.45, 2.75) is 0 Å². The molecule has 0 unspecified atom stereocenters. The first kappa shape index (κ1) is 32.0. The van der Waals surface area contributed by atoms with Crippen molar-refractivity contribution in [3.8, 4) is 56.4 Å². The van der Waals surface area contributed by atoms with Crippen LogP contribution in [-0.4, -0.2) is 15.0 Å². The molecule has 260 valence electrons. The van der Waals surface area contributed by atoms with Gasteiger partial charge in [-0.1, -0.05) is 188 Å². The third-order valence-electron chi connectivity index (χ3n) is 11.1. The van der Waals surface area contributed by atoms with Crippen molar-refractivity contribution < 1.29 is 0 Å². The fourth-order valence-electron chi connectivity index (χ4n) is 8.53. The lowest BCUT2D eigenvalue weighted by molar-refractivity contribution is 1.08. The Morgan fingerprint density at radius 3 is 1.46 bits per heavy atom. The number of rotatable bonds is 5. The standard InChI is InChI=1S/C53H33N3/c1-2-15-34(16-3-1)38-22-10-13-27-46(38)51-54-52(47-28-14-20-35-17-4-7-21-39(35)47)56-53(55-51)48-32-31-44(42-25-11-12-26-43(42)48)50-41-24-9-6-19-37(41)33-49-40-23-8-5-18-36(40)29-30-45(49)50/h1-33H. The first-order valence-electron chi connectivity index (χ1n) is 19.0. The van der Waals surface area contributed by atoms with Crippen LogP contribution in [0.1, 0.15) is 0 Å². The van der Waals surface area contributed by atoms with Crippen LogP contribution < -0.4 is 0 Å². The molecular weight excluding hydrogens is 679 g/mol. The van der Waals surface area contributed by atoms with E-state index in [0.717, 1.165) is 49.4 Å². The summed E-state index contributed by atoms with van der Waals surface area (Å²) >= 11 is 0. The van der Waals surface area contributed by atoms with E-state index in [-0.39, 0.29) is 0 Å². The van der Waals surface area contributed by atoms with Crippen LogP contribution in [0.15, 0.2) is 200 Å². The third-order valence-corrected chi connectivity index (χ3v) is 11.1. The quantitative estimate of drug-likeness (QED) is 0.132. The van der Waals surface area contributed by atoms with Gasteiger partial charge in [0.15, 0.2) is 17.5 Å². The third kappa shape index (κ3) is 5.25. The second kappa shape index (κ2) is 13.1. The molecule has 10 aromatic carbocycles. The van der Waals surface area contributed by atoms with Gasteiger partial charge in [-0.3, -0.25) is 0 Å². The Balaban J connectivity index is 1.19. The molecule has 0 N–H and O–H groups in total. The Morgan fingerprint density at radius 1 is 0.232 bits per heavy atom.